The van der Waals surface area contributed by atoms with E-state index in [9.17, 15) is 4.79 Å². The summed E-state index contributed by atoms with van der Waals surface area (Å²) < 4.78 is 1.95. The number of rotatable bonds is 2. The third kappa shape index (κ3) is 2.49. The van der Waals surface area contributed by atoms with Crippen LogP contribution < -0.4 is 0 Å². The van der Waals surface area contributed by atoms with Crippen LogP contribution in [-0.4, -0.2) is 63.4 Å². The lowest BCUT2D eigenvalue weighted by atomic mass is 9.98. The molecule has 0 radical (unpaired) electrons. The molecule has 3 rings (SSSR count). The Morgan fingerprint density at radius 1 is 1.21 bits per heavy atom. The molecule has 104 valence electrons. The van der Waals surface area contributed by atoms with E-state index in [1.54, 1.807) is 6.20 Å². The predicted octanol–water partition coefficient (Wildman–Crippen LogP) is 0.536. The van der Waals surface area contributed by atoms with Crippen molar-refractivity contribution in [3.8, 4) is 0 Å². The van der Waals surface area contributed by atoms with E-state index in [1.165, 1.54) is 0 Å². The van der Waals surface area contributed by atoms with Gasteiger partial charge in [0.2, 0.25) is 5.91 Å². The zero-order valence-electron chi connectivity index (χ0n) is 11.4. The monoisotopic (exact) mass is 263 g/mol. The van der Waals surface area contributed by atoms with E-state index in [0.29, 0.717) is 11.9 Å². The number of nitrogens with zero attached hydrogens (tertiary/aromatic N) is 5. The fourth-order valence-corrected chi connectivity index (χ4v) is 3.22. The molecule has 1 unspecified atom stereocenters. The van der Waals surface area contributed by atoms with Crippen molar-refractivity contribution >= 4 is 5.91 Å². The van der Waals surface area contributed by atoms with Gasteiger partial charge in [-0.1, -0.05) is 5.21 Å². The van der Waals surface area contributed by atoms with Gasteiger partial charge in [0.25, 0.3) is 0 Å². The highest BCUT2D eigenvalue weighted by Gasteiger charge is 2.33. The molecule has 0 N–H and O–H groups in total. The smallest absolute Gasteiger partial charge is 0.239 e. The third-order valence-corrected chi connectivity index (χ3v) is 4.39. The van der Waals surface area contributed by atoms with Gasteiger partial charge in [-0.3, -0.25) is 9.69 Å². The Morgan fingerprint density at radius 3 is 2.68 bits per heavy atom. The van der Waals surface area contributed by atoms with Crippen molar-refractivity contribution in [1.29, 1.82) is 0 Å². The van der Waals surface area contributed by atoms with E-state index >= 15 is 0 Å². The normalized spacial score (nSPS) is 26.9. The minimum absolute atomic E-state index is 0.107. The highest BCUT2D eigenvalue weighted by Crippen LogP contribution is 2.25. The van der Waals surface area contributed by atoms with Crippen molar-refractivity contribution in [2.75, 3.05) is 26.7 Å². The molecular weight excluding hydrogens is 242 g/mol. The lowest BCUT2D eigenvalue weighted by Gasteiger charge is -2.40. The van der Waals surface area contributed by atoms with Gasteiger partial charge < -0.3 is 4.90 Å². The SMILES string of the molecule is CN1CCCC(N2CCC(n3ccnn3)CC2)C1=O. The van der Waals surface area contributed by atoms with Gasteiger partial charge in [0.15, 0.2) is 0 Å². The molecule has 6 heteroatoms. The topological polar surface area (TPSA) is 54.3 Å². The summed E-state index contributed by atoms with van der Waals surface area (Å²) in [6.07, 6.45) is 7.90. The largest absolute Gasteiger partial charge is 0.344 e. The Balaban J connectivity index is 1.59. The second-order valence-electron chi connectivity index (χ2n) is 5.57. The van der Waals surface area contributed by atoms with Gasteiger partial charge in [-0.15, -0.1) is 5.10 Å². The summed E-state index contributed by atoms with van der Waals surface area (Å²) in [6.45, 7) is 2.87. The van der Waals surface area contributed by atoms with Crippen LogP contribution >= 0.6 is 0 Å². The average molecular weight is 263 g/mol. The molecule has 1 aromatic heterocycles. The molecular formula is C13H21N5O. The number of hydrogen-bond donors (Lipinski definition) is 0. The molecule has 0 aromatic carbocycles. The molecule has 0 spiro atoms. The van der Waals surface area contributed by atoms with Crippen LogP contribution in [0.1, 0.15) is 31.7 Å². The fourth-order valence-electron chi connectivity index (χ4n) is 3.22. The molecule has 0 aliphatic carbocycles. The summed E-state index contributed by atoms with van der Waals surface area (Å²) in [5.74, 6) is 0.297. The van der Waals surface area contributed by atoms with Crippen LogP contribution in [0.5, 0.6) is 0 Å². The zero-order valence-corrected chi connectivity index (χ0v) is 11.4. The van der Waals surface area contributed by atoms with E-state index < -0.39 is 0 Å². The number of hydrogen-bond acceptors (Lipinski definition) is 4. The van der Waals surface area contributed by atoms with Crippen LogP contribution in [-0.2, 0) is 4.79 Å². The number of amides is 1. The van der Waals surface area contributed by atoms with Crippen molar-refractivity contribution in [3.05, 3.63) is 12.4 Å². The third-order valence-electron chi connectivity index (χ3n) is 4.39. The average Bonchev–Trinajstić information content (AvgIpc) is 2.96. The van der Waals surface area contributed by atoms with Crippen LogP contribution in [0.4, 0.5) is 0 Å². The molecule has 0 bridgehead atoms. The summed E-state index contributed by atoms with van der Waals surface area (Å²) in [5, 5.41) is 7.94. The molecule has 1 atom stereocenters. The van der Waals surface area contributed by atoms with Gasteiger partial charge in [-0.25, -0.2) is 4.68 Å². The maximum absolute atomic E-state index is 12.2. The molecule has 0 saturated carbocycles. The highest BCUT2D eigenvalue weighted by atomic mass is 16.2. The maximum atomic E-state index is 12.2. The first kappa shape index (κ1) is 12.6. The van der Waals surface area contributed by atoms with E-state index in [4.69, 9.17) is 0 Å². The summed E-state index contributed by atoms with van der Waals surface area (Å²) >= 11 is 0. The lowest BCUT2D eigenvalue weighted by Crippen LogP contribution is -2.53. The first-order valence-corrected chi connectivity index (χ1v) is 7.10. The zero-order chi connectivity index (χ0) is 13.2. The van der Waals surface area contributed by atoms with Crippen molar-refractivity contribution in [2.45, 2.75) is 37.8 Å². The Bertz CT molecular complexity index is 424. The number of aromatic nitrogens is 3. The molecule has 3 heterocycles. The van der Waals surface area contributed by atoms with Gasteiger partial charge >= 0.3 is 0 Å². The molecule has 2 fully saturated rings. The van der Waals surface area contributed by atoms with E-state index in [-0.39, 0.29) is 6.04 Å². The predicted molar refractivity (Wildman–Crippen MR) is 70.5 cm³/mol. The summed E-state index contributed by atoms with van der Waals surface area (Å²) in [6, 6.07) is 0.547. The maximum Gasteiger partial charge on any atom is 0.239 e. The Labute approximate surface area is 113 Å². The molecule has 1 amide bonds. The van der Waals surface area contributed by atoms with Crippen LogP contribution in [0, 0.1) is 0 Å². The van der Waals surface area contributed by atoms with Crippen molar-refractivity contribution in [1.82, 2.24) is 24.8 Å². The number of carbonyl (C=O) groups excluding carboxylic acids is 1. The number of likely N-dealkylation sites (N-methyl/N-ethyl adjacent to an activating group) is 1. The lowest BCUT2D eigenvalue weighted by molar-refractivity contribution is -0.139. The molecule has 2 aliphatic heterocycles. The van der Waals surface area contributed by atoms with Gasteiger partial charge in [-0.05, 0) is 25.7 Å². The standard InChI is InChI=1S/C13H21N5O/c1-16-7-2-3-12(13(16)19)17-8-4-11(5-9-17)18-10-6-14-15-18/h6,10-12H,2-5,7-9H2,1H3. The van der Waals surface area contributed by atoms with Crippen molar-refractivity contribution in [2.24, 2.45) is 0 Å². The minimum atomic E-state index is 0.107. The highest BCUT2D eigenvalue weighted by molar-refractivity contribution is 5.82. The second-order valence-corrected chi connectivity index (χ2v) is 5.57. The number of piperidine rings is 2. The molecule has 6 nitrogen and oxygen atoms in total. The van der Waals surface area contributed by atoms with Gasteiger partial charge in [-0.2, -0.15) is 0 Å². The van der Waals surface area contributed by atoms with Crippen LogP contribution in [0.25, 0.3) is 0 Å². The molecule has 19 heavy (non-hydrogen) atoms. The Morgan fingerprint density at radius 2 is 2.00 bits per heavy atom. The first-order valence-electron chi connectivity index (χ1n) is 7.10. The Hall–Kier alpha value is -1.43. The van der Waals surface area contributed by atoms with Gasteiger partial charge in [0.05, 0.1) is 18.3 Å². The number of carbonyl (C=O) groups is 1. The van der Waals surface area contributed by atoms with Crippen LogP contribution in [0.2, 0.25) is 0 Å². The first-order chi connectivity index (χ1) is 9.25. The van der Waals surface area contributed by atoms with E-state index in [1.807, 2.05) is 22.8 Å². The van der Waals surface area contributed by atoms with Crippen molar-refractivity contribution < 1.29 is 4.79 Å². The van der Waals surface area contributed by atoms with Crippen LogP contribution in [0.15, 0.2) is 12.4 Å². The molecule has 2 saturated heterocycles. The molecule has 2 aliphatic rings. The summed E-state index contributed by atoms with van der Waals surface area (Å²) in [7, 11) is 1.91. The van der Waals surface area contributed by atoms with E-state index in [0.717, 1.165) is 45.3 Å². The minimum Gasteiger partial charge on any atom is -0.344 e. The van der Waals surface area contributed by atoms with Gasteiger partial charge in [0, 0.05) is 32.9 Å². The van der Waals surface area contributed by atoms with Crippen LogP contribution in [0.3, 0.4) is 0 Å². The molecule has 1 aromatic rings. The quantitative estimate of drug-likeness (QED) is 0.781. The van der Waals surface area contributed by atoms with Gasteiger partial charge in [0.1, 0.15) is 0 Å². The summed E-state index contributed by atoms with van der Waals surface area (Å²) in [4.78, 5) is 16.4. The second kappa shape index (κ2) is 5.28. The number of likely N-dealkylation sites (tertiary alicyclic amines) is 2. The fraction of sp³-hybridized carbons (Fsp3) is 0.769. The Kier molecular flexibility index (Phi) is 3.50. The summed E-state index contributed by atoms with van der Waals surface area (Å²) in [5.41, 5.74) is 0. The van der Waals surface area contributed by atoms with E-state index in [2.05, 4.69) is 15.2 Å². The van der Waals surface area contributed by atoms with Crippen molar-refractivity contribution in [3.63, 3.8) is 0 Å².